The number of halogens is 1. The monoisotopic (exact) mass is 302 g/mol. The van der Waals surface area contributed by atoms with Crippen LogP contribution in [0.4, 0.5) is 5.69 Å². The van der Waals surface area contributed by atoms with Crippen molar-refractivity contribution >= 4 is 27.3 Å². The van der Waals surface area contributed by atoms with Crippen LogP contribution in [0.5, 0.6) is 0 Å². The number of H-pyrrole nitrogens is 1. The molecule has 0 spiro atoms. The van der Waals surface area contributed by atoms with Gasteiger partial charge in [0.1, 0.15) is 4.90 Å². The zero-order chi connectivity index (χ0) is 14.0. The van der Waals surface area contributed by atoms with Gasteiger partial charge in [-0.25, -0.2) is 13.1 Å². The average molecular weight is 303 g/mol. The summed E-state index contributed by atoms with van der Waals surface area (Å²) in [6.45, 7) is 1.59. The van der Waals surface area contributed by atoms with Crippen LogP contribution in [-0.2, 0) is 10.0 Å². The van der Waals surface area contributed by atoms with Gasteiger partial charge in [-0.15, -0.1) is 10.2 Å². The Kier molecular flexibility index (Phi) is 3.69. The first-order valence-corrected chi connectivity index (χ1v) is 7.07. The number of nitrogen functional groups attached to an aromatic ring is 1. The summed E-state index contributed by atoms with van der Waals surface area (Å²) >= 11 is 5.73. The largest absolute Gasteiger partial charge is 0.398 e. The van der Waals surface area contributed by atoms with Gasteiger partial charge in [0, 0.05) is 5.02 Å². The zero-order valence-corrected chi connectivity index (χ0v) is 11.4. The maximum Gasteiger partial charge on any atom is 0.243 e. The van der Waals surface area contributed by atoms with Crippen LogP contribution in [0.2, 0.25) is 5.02 Å². The minimum atomic E-state index is -3.79. The van der Waals surface area contributed by atoms with Crippen molar-refractivity contribution in [2.45, 2.75) is 17.9 Å². The van der Waals surface area contributed by atoms with Gasteiger partial charge in [0.2, 0.25) is 10.0 Å². The normalized spacial score (nSPS) is 13.4. The minimum Gasteiger partial charge on any atom is -0.398 e. The van der Waals surface area contributed by atoms with Crippen LogP contribution in [0, 0.1) is 0 Å². The summed E-state index contributed by atoms with van der Waals surface area (Å²) in [7, 11) is -3.79. The molecule has 1 aromatic carbocycles. The smallest absolute Gasteiger partial charge is 0.243 e. The van der Waals surface area contributed by atoms with E-state index in [2.05, 4.69) is 25.3 Å². The Morgan fingerprint density at radius 1 is 1.47 bits per heavy atom. The lowest BCUT2D eigenvalue weighted by atomic mass is 10.3. The SMILES string of the molecule is CC(NS(=O)(=O)c1ccc(Cl)cc1N)c1nn[nH]n1. The number of sulfonamides is 1. The van der Waals surface area contributed by atoms with E-state index >= 15 is 0 Å². The average Bonchev–Trinajstić information content (AvgIpc) is 2.80. The van der Waals surface area contributed by atoms with Crippen LogP contribution in [0.25, 0.3) is 0 Å². The molecule has 0 aliphatic carbocycles. The number of hydrogen-bond donors (Lipinski definition) is 3. The molecule has 0 bridgehead atoms. The Morgan fingerprint density at radius 2 is 2.21 bits per heavy atom. The van der Waals surface area contributed by atoms with Crippen LogP contribution in [-0.4, -0.2) is 29.0 Å². The molecule has 0 aliphatic heterocycles. The van der Waals surface area contributed by atoms with Gasteiger partial charge in [-0.05, 0) is 25.1 Å². The Hall–Kier alpha value is -1.71. The molecule has 0 amide bonds. The summed E-state index contributed by atoms with van der Waals surface area (Å²) in [6, 6.07) is 3.52. The van der Waals surface area contributed by atoms with E-state index in [9.17, 15) is 8.42 Å². The van der Waals surface area contributed by atoms with E-state index in [1.807, 2.05) is 0 Å². The van der Waals surface area contributed by atoms with Gasteiger partial charge in [0.15, 0.2) is 5.82 Å². The maximum absolute atomic E-state index is 12.1. The molecule has 0 aliphatic rings. The highest BCUT2D eigenvalue weighted by atomic mass is 35.5. The first-order chi connectivity index (χ1) is 8.90. The number of tetrazole rings is 1. The molecule has 10 heteroatoms. The quantitative estimate of drug-likeness (QED) is 0.705. The molecule has 1 unspecified atom stereocenters. The van der Waals surface area contributed by atoms with Gasteiger partial charge in [-0.2, -0.15) is 5.21 Å². The minimum absolute atomic E-state index is 0.0488. The van der Waals surface area contributed by atoms with E-state index in [0.717, 1.165) is 0 Å². The van der Waals surface area contributed by atoms with E-state index in [0.29, 0.717) is 5.02 Å². The third-order valence-electron chi connectivity index (χ3n) is 2.34. The number of nitrogens with two attached hydrogens (primary N) is 1. The Bertz CT molecular complexity index is 672. The van der Waals surface area contributed by atoms with E-state index in [1.54, 1.807) is 6.92 Å². The van der Waals surface area contributed by atoms with Gasteiger partial charge in [-0.1, -0.05) is 16.8 Å². The summed E-state index contributed by atoms with van der Waals surface area (Å²) < 4.78 is 26.7. The molecule has 8 nitrogen and oxygen atoms in total. The summed E-state index contributed by atoms with van der Waals surface area (Å²) in [5.41, 5.74) is 5.72. The van der Waals surface area contributed by atoms with Crippen LogP contribution >= 0.6 is 11.6 Å². The maximum atomic E-state index is 12.1. The van der Waals surface area contributed by atoms with Crippen LogP contribution in [0.1, 0.15) is 18.8 Å². The number of rotatable bonds is 4. The van der Waals surface area contributed by atoms with Crippen molar-refractivity contribution in [3.63, 3.8) is 0 Å². The number of nitrogens with one attached hydrogen (secondary N) is 2. The second-order valence-electron chi connectivity index (χ2n) is 3.80. The topological polar surface area (TPSA) is 127 Å². The molecule has 1 heterocycles. The highest BCUT2D eigenvalue weighted by Gasteiger charge is 2.22. The number of aromatic amines is 1. The third-order valence-corrected chi connectivity index (χ3v) is 4.19. The standard InChI is InChI=1S/C9H11ClN6O2S/c1-5(9-12-15-16-13-9)14-19(17,18)8-3-2-6(10)4-7(8)11/h2-5,14H,11H2,1H3,(H,12,13,15,16). The fraction of sp³-hybridized carbons (Fsp3) is 0.222. The predicted octanol–water partition coefficient (Wildman–Crippen LogP) is 0.475. The first kappa shape index (κ1) is 13.7. The van der Waals surface area contributed by atoms with Crippen molar-refractivity contribution in [3.8, 4) is 0 Å². The van der Waals surface area contributed by atoms with Crippen molar-refractivity contribution < 1.29 is 8.42 Å². The summed E-state index contributed by atoms with van der Waals surface area (Å²) in [5.74, 6) is 0.233. The number of benzene rings is 1. The highest BCUT2D eigenvalue weighted by molar-refractivity contribution is 7.89. The highest BCUT2D eigenvalue weighted by Crippen LogP contribution is 2.23. The van der Waals surface area contributed by atoms with Crippen molar-refractivity contribution in [2.24, 2.45) is 0 Å². The molecule has 0 saturated heterocycles. The van der Waals surface area contributed by atoms with E-state index in [4.69, 9.17) is 17.3 Å². The molecule has 1 aromatic heterocycles. The first-order valence-electron chi connectivity index (χ1n) is 5.21. The fourth-order valence-corrected chi connectivity index (χ4v) is 2.96. The lowest BCUT2D eigenvalue weighted by Crippen LogP contribution is -2.28. The molecule has 4 N–H and O–H groups in total. The van der Waals surface area contributed by atoms with Crippen LogP contribution < -0.4 is 10.5 Å². The van der Waals surface area contributed by atoms with Crippen molar-refractivity contribution in [3.05, 3.63) is 29.0 Å². The third kappa shape index (κ3) is 3.00. The number of nitrogens with zero attached hydrogens (tertiary/aromatic N) is 3. The summed E-state index contributed by atoms with van der Waals surface area (Å²) in [4.78, 5) is -0.0488. The Labute approximate surface area is 114 Å². The number of anilines is 1. The molecule has 0 fully saturated rings. The van der Waals surface area contributed by atoms with Crippen molar-refractivity contribution in [2.75, 3.05) is 5.73 Å². The van der Waals surface area contributed by atoms with Crippen molar-refractivity contribution in [1.82, 2.24) is 25.3 Å². The Morgan fingerprint density at radius 3 is 2.79 bits per heavy atom. The zero-order valence-electron chi connectivity index (χ0n) is 9.83. The molecular weight excluding hydrogens is 292 g/mol. The van der Waals surface area contributed by atoms with E-state index in [1.165, 1.54) is 18.2 Å². The van der Waals surface area contributed by atoms with Gasteiger partial charge in [0.05, 0.1) is 11.7 Å². The molecule has 2 aromatic rings. The fourth-order valence-electron chi connectivity index (χ4n) is 1.47. The van der Waals surface area contributed by atoms with Crippen molar-refractivity contribution in [1.29, 1.82) is 0 Å². The summed E-state index contributed by atoms with van der Waals surface area (Å²) in [5, 5.41) is 13.4. The molecular formula is C9H11ClN6O2S. The lowest BCUT2D eigenvalue weighted by molar-refractivity contribution is 0.560. The van der Waals surface area contributed by atoms with E-state index < -0.39 is 16.1 Å². The second-order valence-corrected chi connectivity index (χ2v) is 5.91. The predicted molar refractivity (Wildman–Crippen MR) is 68.8 cm³/mol. The van der Waals surface area contributed by atoms with Crippen LogP contribution in [0.3, 0.4) is 0 Å². The number of hydrogen-bond acceptors (Lipinski definition) is 6. The molecule has 2 rings (SSSR count). The molecule has 0 radical (unpaired) electrons. The number of aromatic nitrogens is 4. The molecule has 0 saturated carbocycles. The summed E-state index contributed by atoms with van der Waals surface area (Å²) in [6.07, 6.45) is 0. The molecule has 1 atom stereocenters. The van der Waals surface area contributed by atoms with Gasteiger partial charge >= 0.3 is 0 Å². The van der Waals surface area contributed by atoms with Gasteiger partial charge in [-0.3, -0.25) is 0 Å². The van der Waals surface area contributed by atoms with E-state index in [-0.39, 0.29) is 16.4 Å². The van der Waals surface area contributed by atoms with Gasteiger partial charge in [0.25, 0.3) is 0 Å². The molecule has 19 heavy (non-hydrogen) atoms. The Balaban J connectivity index is 2.28. The van der Waals surface area contributed by atoms with Crippen LogP contribution in [0.15, 0.2) is 23.1 Å². The second kappa shape index (κ2) is 5.11. The molecule has 102 valence electrons. The van der Waals surface area contributed by atoms with Gasteiger partial charge < -0.3 is 5.73 Å². The lowest BCUT2D eigenvalue weighted by Gasteiger charge is -2.12.